The van der Waals surface area contributed by atoms with E-state index in [4.69, 9.17) is 9.47 Å². The van der Waals surface area contributed by atoms with Gasteiger partial charge in [0.25, 0.3) is 5.79 Å². The molecular formula is C17H22O3. The zero-order valence-electron chi connectivity index (χ0n) is 12.2. The van der Waals surface area contributed by atoms with E-state index in [2.05, 4.69) is 6.92 Å². The number of hydrogen-bond acceptors (Lipinski definition) is 3. The van der Waals surface area contributed by atoms with Gasteiger partial charge in [0, 0.05) is 24.3 Å². The van der Waals surface area contributed by atoms with Crippen molar-refractivity contribution in [3.63, 3.8) is 0 Å². The summed E-state index contributed by atoms with van der Waals surface area (Å²) in [5.74, 6) is -1.30. The Bertz CT molecular complexity index is 478. The standard InChI is InChI=1S/C17H22O3/c1-3-4-5-7-10-14-13-17(19-2,20-16(14)18)15-11-8-6-9-12-15/h6,8-9,11-13H,3-5,7,10H2,1-2H3. The smallest absolute Gasteiger partial charge is 0.336 e. The first-order valence-electron chi connectivity index (χ1n) is 7.27. The molecule has 20 heavy (non-hydrogen) atoms. The predicted octanol–water partition coefficient (Wildman–Crippen LogP) is 3.94. The Morgan fingerprint density at radius 2 is 1.90 bits per heavy atom. The van der Waals surface area contributed by atoms with Gasteiger partial charge < -0.3 is 9.47 Å². The van der Waals surface area contributed by atoms with Gasteiger partial charge >= 0.3 is 5.97 Å². The fraction of sp³-hybridized carbons (Fsp3) is 0.471. The van der Waals surface area contributed by atoms with Crippen molar-refractivity contribution >= 4 is 5.97 Å². The van der Waals surface area contributed by atoms with Crippen LogP contribution in [-0.2, 0) is 20.1 Å². The minimum atomic E-state index is -1.04. The van der Waals surface area contributed by atoms with Gasteiger partial charge in [-0.3, -0.25) is 0 Å². The first kappa shape index (κ1) is 14.8. The molecule has 3 heteroatoms. The number of ether oxygens (including phenoxy) is 2. The van der Waals surface area contributed by atoms with E-state index in [0.29, 0.717) is 0 Å². The summed E-state index contributed by atoms with van der Waals surface area (Å²) in [5, 5.41) is 0. The molecule has 0 bridgehead atoms. The summed E-state index contributed by atoms with van der Waals surface area (Å²) in [7, 11) is 1.57. The van der Waals surface area contributed by atoms with Gasteiger partial charge in [0.05, 0.1) is 0 Å². The van der Waals surface area contributed by atoms with Crippen LogP contribution >= 0.6 is 0 Å². The molecule has 0 spiro atoms. The minimum Gasteiger partial charge on any atom is -0.421 e. The number of methoxy groups -OCH3 is 1. The molecular weight excluding hydrogens is 252 g/mol. The highest BCUT2D eigenvalue weighted by Gasteiger charge is 2.41. The number of benzene rings is 1. The molecule has 1 aromatic carbocycles. The highest BCUT2D eigenvalue weighted by Crippen LogP contribution is 2.36. The molecule has 1 aliphatic heterocycles. The molecule has 0 amide bonds. The molecule has 1 aliphatic rings. The Balaban J connectivity index is 2.12. The number of esters is 1. The summed E-state index contributed by atoms with van der Waals surface area (Å²) in [4.78, 5) is 12.0. The summed E-state index contributed by atoms with van der Waals surface area (Å²) in [5.41, 5.74) is 1.58. The first-order chi connectivity index (χ1) is 9.72. The third-order valence-electron chi connectivity index (χ3n) is 3.65. The third-order valence-corrected chi connectivity index (χ3v) is 3.65. The highest BCUT2D eigenvalue weighted by atomic mass is 16.7. The van der Waals surface area contributed by atoms with E-state index in [1.165, 1.54) is 12.8 Å². The van der Waals surface area contributed by atoms with Crippen LogP contribution in [0.15, 0.2) is 42.0 Å². The minimum absolute atomic E-state index is 0.257. The van der Waals surface area contributed by atoms with Gasteiger partial charge in [-0.2, -0.15) is 0 Å². The number of rotatable bonds is 7. The third kappa shape index (κ3) is 3.10. The molecule has 0 aromatic heterocycles. The van der Waals surface area contributed by atoms with E-state index in [9.17, 15) is 4.79 Å². The second-order valence-corrected chi connectivity index (χ2v) is 5.11. The van der Waals surface area contributed by atoms with Gasteiger partial charge in [0.2, 0.25) is 0 Å². The van der Waals surface area contributed by atoms with Gasteiger partial charge in [0.15, 0.2) is 0 Å². The normalized spacial score (nSPS) is 21.7. The maximum absolute atomic E-state index is 12.0. The molecule has 1 aromatic rings. The molecule has 108 valence electrons. The van der Waals surface area contributed by atoms with Crippen molar-refractivity contribution in [2.45, 2.75) is 44.8 Å². The molecule has 2 rings (SSSR count). The fourth-order valence-electron chi connectivity index (χ4n) is 2.47. The SMILES string of the molecule is CCCCCCC1=CC(OC)(c2ccccc2)OC1=O. The van der Waals surface area contributed by atoms with Gasteiger partial charge in [-0.1, -0.05) is 56.5 Å². The number of cyclic esters (lactones) is 1. The largest absolute Gasteiger partial charge is 0.421 e. The molecule has 0 saturated heterocycles. The van der Waals surface area contributed by atoms with E-state index >= 15 is 0 Å². The lowest BCUT2D eigenvalue weighted by atomic mass is 10.0. The Morgan fingerprint density at radius 1 is 1.15 bits per heavy atom. The van der Waals surface area contributed by atoms with Crippen molar-refractivity contribution in [2.24, 2.45) is 0 Å². The van der Waals surface area contributed by atoms with Crippen molar-refractivity contribution in [1.82, 2.24) is 0 Å². The summed E-state index contributed by atoms with van der Waals surface area (Å²) in [6.07, 6.45) is 7.15. The Labute approximate surface area is 120 Å². The predicted molar refractivity (Wildman–Crippen MR) is 78.1 cm³/mol. The molecule has 1 heterocycles. The Hall–Kier alpha value is -1.61. The van der Waals surface area contributed by atoms with Gasteiger partial charge in [0.1, 0.15) is 0 Å². The van der Waals surface area contributed by atoms with Crippen LogP contribution in [0.5, 0.6) is 0 Å². The van der Waals surface area contributed by atoms with Gasteiger partial charge in [-0.05, 0) is 12.8 Å². The number of unbranched alkanes of at least 4 members (excludes halogenated alkanes) is 3. The van der Waals surface area contributed by atoms with Crippen LogP contribution in [0.1, 0.15) is 44.6 Å². The first-order valence-corrected chi connectivity index (χ1v) is 7.27. The Kier molecular flexibility index (Phi) is 4.96. The lowest BCUT2D eigenvalue weighted by Crippen LogP contribution is -2.27. The lowest BCUT2D eigenvalue weighted by molar-refractivity contribution is -0.193. The summed E-state index contributed by atoms with van der Waals surface area (Å²) < 4.78 is 11.0. The van der Waals surface area contributed by atoms with Crippen molar-refractivity contribution < 1.29 is 14.3 Å². The second-order valence-electron chi connectivity index (χ2n) is 5.11. The molecule has 0 radical (unpaired) electrons. The Morgan fingerprint density at radius 3 is 2.55 bits per heavy atom. The average molecular weight is 274 g/mol. The molecule has 0 fully saturated rings. The molecule has 0 N–H and O–H groups in total. The van der Waals surface area contributed by atoms with Crippen LogP contribution in [0.3, 0.4) is 0 Å². The fourth-order valence-corrected chi connectivity index (χ4v) is 2.47. The van der Waals surface area contributed by atoms with Crippen LogP contribution < -0.4 is 0 Å². The monoisotopic (exact) mass is 274 g/mol. The summed E-state index contributed by atoms with van der Waals surface area (Å²) >= 11 is 0. The number of hydrogen-bond donors (Lipinski definition) is 0. The average Bonchev–Trinajstić information content (AvgIpc) is 2.82. The quantitative estimate of drug-likeness (QED) is 0.558. The molecule has 1 unspecified atom stereocenters. The molecule has 0 saturated carbocycles. The van der Waals surface area contributed by atoms with E-state index in [-0.39, 0.29) is 5.97 Å². The number of carbonyl (C=O) groups excluding carboxylic acids is 1. The van der Waals surface area contributed by atoms with Crippen LogP contribution in [-0.4, -0.2) is 13.1 Å². The maximum atomic E-state index is 12.0. The van der Waals surface area contributed by atoms with Crippen molar-refractivity contribution in [2.75, 3.05) is 7.11 Å². The number of carbonyl (C=O) groups is 1. The summed E-state index contributed by atoms with van der Waals surface area (Å²) in [6, 6.07) is 9.58. The maximum Gasteiger partial charge on any atom is 0.336 e. The van der Waals surface area contributed by atoms with E-state index in [1.54, 1.807) is 7.11 Å². The van der Waals surface area contributed by atoms with E-state index < -0.39 is 5.79 Å². The second kappa shape index (κ2) is 6.71. The van der Waals surface area contributed by atoms with Gasteiger partial charge in [-0.15, -0.1) is 0 Å². The molecule has 3 nitrogen and oxygen atoms in total. The van der Waals surface area contributed by atoms with Crippen molar-refractivity contribution in [1.29, 1.82) is 0 Å². The summed E-state index contributed by atoms with van der Waals surface area (Å²) in [6.45, 7) is 2.18. The molecule has 1 atom stereocenters. The van der Waals surface area contributed by atoms with Crippen LogP contribution in [0, 0.1) is 0 Å². The molecule has 0 aliphatic carbocycles. The van der Waals surface area contributed by atoms with Crippen molar-refractivity contribution in [3.8, 4) is 0 Å². The van der Waals surface area contributed by atoms with E-state index in [0.717, 1.165) is 30.4 Å². The zero-order valence-corrected chi connectivity index (χ0v) is 12.2. The van der Waals surface area contributed by atoms with Gasteiger partial charge in [-0.25, -0.2) is 4.79 Å². The topological polar surface area (TPSA) is 35.5 Å². The highest BCUT2D eigenvalue weighted by molar-refractivity contribution is 5.91. The van der Waals surface area contributed by atoms with Crippen molar-refractivity contribution in [3.05, 3.63) is 47.5 Å². The zero-order chi connectivity index (χ0) is 14.4. The van der Waals surface area contributed by atoms with Crippen LogP contribution in [0.2, 0.25) is 0 Å². The van der Waals surface area contributed by atoms with E-state index in [1.807, 2.05) is 36.4 Å². The lowest BCUT2D eigenvalue weighted by Gasteiger charge is -2.24. The van der Waals surface area contributed by atoms with Crippen LogP contribution in [0.4, 0.5) is 0 Å². The van der Waals surface area contributed by atoms with Crippen LogP contribution in [0.25, 0.3) is 0 Å².